The molecule has 0 amide bonds. The van der Waals surface area contributed by atoms with Crippen molar-refractivity contribution in [1.82, 2.24) is 10.3 Å². The molecule has 1 fully saturated rings. The molecule has 6 heteroatoms. The monoisotopic (exact) mass is 417 g/mol. The summed E-state index contributed by atoms with van der Waals surface area (Å²) in [5.74, 6) is -0.379. The first-order valence-electron chi connectivity index (χ1n) is 9.45. The van der Waals surface area contributed by atoms with Crippen LogP contribution in [0.4, 0.5) is 4.39 Å². The lowest BCUT2D eigenvalue weighted by atomic mass is 9.74. The van der Waals surface area contributed by atoms with E-state index in [1.807, 2.05) is 36.5 Å². The molecule has 1 aromatic heterocycles. The lowest BCUT2D eigenvalue weighted by Crippen LogP contribution is -2.45. The van der Waals surface area contributed by atoms with Gasteiger partial charge < -0.3 is 11.1 Å². The molecule has 3 N–H and O–H groups in total. The highest BCUT2D eigenvalue weighted by Crippen LogP contribution is 2.38. The summed E-state index contributed by atoms with van der Waals surface area (Å²) in [6.07, 6.45) is 5.48. The van der Waals surface area contributed by atoms with Gasteiger partial charge in [-0.2, -0.15) is 0 Å². The topological polar surface area (TPSA) is 50.9 Å². The third kappa shape index (κ3) is 4.01. The van der Waals surface area contributed by atoms with E-state index in [0.717, 1.165) is 47.7 Å². The van der Waals surface area contributed by atoms with Crippen LogP contribution >= 0.6 is 23.2 Å². The number of hydrogen-bond donors (Lipinski definition) is 2. The molecular formula is C22H22Cl2FN3. The maximum atomic E-state index is 13.6. The number of nitrogens with zero attached hydrogens (tertiary/aromatic N) is 1. The summed E-state index contributed by atoms with van der Waals surface area (Å²) in [5.41, 5.74) is 9.36. The van der Waals surface area contributed by atoms with Crippen molar-refractivity contribution >= 4 is 34.1 Å². The van der Waals surface area contributed by atoms with Crippen LogP contribution in [0.25, 0.3) is 10.9 Å². The van der Waals surface area contributed by atoms with Crippen LogP contribution in [0.2, 0.25) is 10.0 Å². The minimum atomic E-state index is -0.379. The molecule has 0 unspecified atom stereocenters. The van der Waals surface area contributed by atoms with Crippen LogP contribution in [0.5, 0.6) is 0 Å². The van der Waals surface area contributed by atoms with E-state index in [-0.39, 0.29) is 16.4 Å². The third-order valence-electron chi connectivity index (χ3n) is 5.70. The predicted molar refractivity (Wildman–Crippen MR) is 113 cm³/mol. The lowest BCUT2D eigenvalue weighted by molar-refractivity contribution is 0.252. The van der Waals surface area contributed by atoms with Crippen LogP contribution < -0.4 is 11.1 Å². The highest BCUT2D eigenvalue weighted by atomic mass is 35.5. The smallest absolute Gasteiger partial charge is 0.142 e. The van der Waals surface area contributed by atoms with Gasteiger partial charge in [-0.3, -0.25) is 4.98 Å². The Kier molecular flexibility index (Phi) is 5.57. The molecule has 1 aliphatic carbocycles. The Morgan fingerprint density at radius 2 is 1.89 bits per heavy atom. The number of hydrogen-bond acceptors (Lipinski definition) is 3. The van der Waals surface area contributed by atoms with Crippen LogP contribution in [0.1, 0.15) is 36.8 Å². The third-order valence-corrected chi connectivity index (χ3v) is 6.24. The van der Waals surface area contributed by atoms with E-state index in [0.29, 0.717) is 17.6 Å². The van der Waals surface area contributed by atoms with Crippen LogP contribution in [-0.2, 0) is 12.1 Å². The second kappa shape index (κ2) is 7.96. The molecule has 2 aromatic carbocycles. The van der Waals surface area contributed by atoms with E-state index in [1.165, 1.54) is 6.07 Å². The second-order valence-corrected chi connectivity index (χ2v) is 8.42. The van der Waals surface area contributed by atoms with Crippen LogP contribution in [0.15, 0.2) is 48.7 Å². The fourth-order valence-electron chi connectivity index (χ4n) is 4.07. The fourth-order valence-corrected chi connectivity index (χ4v) is 4.36. The molecule has 0 radical (unpaired) electrons. The standard InChI is InChI=1S/C22H22Cl2FN3/c23-15-2-3-17-18(7-10-27-21(17)12-15)22(26)8-5-16(6-9-22)28-13-14-1-4-19(24)20(25)11-14/h1-4,7,10-12,16,28H,5-6,8-9,13,26H2. The Morgan fingerprint density at radius 1 is 1.11 bits per heavy atom. The molecule has 0 atom stereocenters. The van der Waals surface area contributed by atoms with Crippen molar-refractivity contribution in [3.8, 4) is 0 Å². The van der Waals surface area contributed by atoms with Crippen molar-refractivity contribution in [1.29, 1.82) is 0 Å². The molecule has 3 nitrogen and oxygen atoms in total. The Labute approximate surface area is 174 Å². The largest absolute Gasteiger partial charge is 0.321 e. The zero-order chi connectivity index (χ0) is 19.7. The Bertz CT molecular complexity index is 1000. The summed E-state index contributed by atoms with van der Waals surface area (Å²) in [6.45, 7) is 0.618. The van der Waals surface area contributed by atoms with Gasteiger partial charge in [0.05, 0.1) is 10.5 Å². The van der Waals surface area contributed by atoms with Gasteiger partial charge in [0.1, 0.15) is 5.82 Å². The molecular weight excluding hydrogens is 396 g/mol. The summed E-state index contributed by atoms with van der Waals surface area (Å²) in [7, 11) is 0. The maximum Gasteiger partial charge on any atom is 0.142 e. The predicted octanol–water partition coefficient (Wildman–Crippen LogP) is 5.57. The number of aromatic nitrogens is 1. The van der Waals surface area contributed by atoms with Crippen LogP contribution in [-0.4, -0.2) is 11.0 Å². The van der Waals surface area contributed by atoms with Gasteiger partial charge in [0.15, 0.2) is 0 Å². The van der Waals surface area contributed by atoms with Gasteiger partial charge in [0, 0.05) is 34.7 Å². The van der Waals surface area contributed by atoms with Gasteiger partial charge in [-0.05, 0) is 67.1 Å². The summed E-state index contributed by atoms with van der Waals surface area (Å²) < 4.78 is 13.6. The van der Waals surface area contributed by atoms with Crippen molar-refractivity contribution in [3.05, 3.63) is 75.7 Å². The van der Waals surface area contributed by atoms with E-state index >= 15 is 0 Å². The number of pyridine rings is 1. The summed E-state index contributed by atoms with van der Waals surface area (Å²) in [5, 5.41) is 5.42. The van der Waals surface area contributed by atoms with E-state index in [1.54, 1.807) is 6.07 Å². The molecule has 28 heavy (non-hydrogen) atoms. The normalized spacial score (nSPS) is 22.5. The van der Waals surface area contributed by atoms with Gasteiger partial charge in [-0.15, -0.1) is 0 Å². The first kappa shape index (κ1) is 19.6. The zero-order valence-corrected chi connectivity index (χ0v) is 16.9. The molecule has 1 aliphatic rings. The van der Waals surface area contributed by atoms with Gasteiger partial charge in [0.2, 0.25) is 0 Å². The SMILES string of the molecule is NC1(c2ccnc3cc(Cl)ccc23)CCC(NCc2ccc(Cl)c(F)c2)CC1. The van der Waals surface area contributed by atoms with Crippen molar-refractivity contribution in [2.24, 2.45) is 5.73 Å². The molecule has 146 valence electrons. The molecule has 0 bridgehead atoms. The van der Waals surface area contributed by atoms with E-state index < -0.39 is 0 Å². The van der Waals surface area contributed by atoms with Crippen molar-refractivity contribution in [3.63, 3.8) is 0 Å². The minimum absolute atomic E-state index is 0.153. The number of benzene rings is 2. The van der Waals surface area contributed by atoms with Crippen molar-refractivity contribution < 1.29 is 4.39 Å². The number of fused-ring (bicyclic) bond motifs is 1. The minimum Gasteiger partial charge on any atom is -0.321 e. The van der Waals surface area contributed by atoms with Gasteiger partial charge in [-0.25, -0.2) is 4.39 Å². The van der Waals surface area contributed by atoms with Gasteiger partial charge in [0.25, 0.3) is 0 Å². The maximum absolute atomic E-state index is 13.6. The average Bonchev–Trinajstić information content (AvgIpc) is 2.69. The van der Waals surface area contributed by atoms with E-state index in [4.69, 9.17) is 28.9 Å². The average molecular weight is 418 g/mol. The van der Waals surface area contributed by atoms with E-state index in [9.17, 15) is 4.39 Å². The number of halogens is 3. The lowest BCUT2D eigenvalue weighted by Gasteiger charge is -2.38. The Hall–Kier alpha value is -1.72. The Balaban J connectivity index is 1.44. The first-order valence-corrected chi connectivity index (χ1v) is 10.2. The van der Waals surface area contributed by atoms with Crippen molar-refractivity contribution in [2.45, 2.75) is 43.8 Å². The first-order chi connectivity index (χ1) is 13.4. The highest BCUT2D eigenvalue weighted by Gasteiger charge is 2.34. The number of nitrogens with one attached hydrogen (secondary N) is 1. The molecule has 1 heterocycles. The molecule has 4 rings (SSSR count). The quantitative estimate of drug-likeness (QED) is 0.583. The zero-order valence-electron chi connectivity index (χ0n) is 15.4. The molecule has 0 aliphatic heterocycles. The molecule has 0 saturated heterocycles. The number of nitrogens with two attached hydrogens (primary N) is 1. The van der Waals surface area contributed by atoms with E-state index in [2.05, 4.69) is 10.3 Å². The molecule has 3 aromatic rings. The highest BCUT2D eigenvalue weighted by molar-refractivity contribution is 6.31. The molecule has 1 saturated carbocycles. The molecule has 0 spiro atoms. The summed E-state index contributed by atoms with van der Waals surface area (Å²) in [4.78, 5) is 4.43. The van der Waals surface area contributed by atoms with Crippen LogP contribution in [0.3, 0.4) is 0 Å². The van der Waals surface area contributed by atoms with Crippen molar-refractivity contribution in [2.75, 3.05) is 0 Å². The van der Waals surface area contributed by atoms with Crippen LogP contribution in [0, 0.1) is 5.82 Å². The Morgan fingerprint density at radius 3 is 2.64 bits per heavy atom. The van der Waals surface area contributed by atoms with Gasteiger partial charge in [-0.1, -0.05) is 35.3 Å². The van der Waals surface area contributed by atoms with Gasteiger partial charge >= 0.3 is 0 Å². The number of rotatable bonds is 4. The summed E-state index contributed by atoms with van der Waals surface area (Å²) in [6, 6.07) is 13.1. The fraction of sp³-hybridized carbons (Fsp3) is 0.318. The summed E-state index contributed by atoms with van der Waals surface area (Å²) >= 11 is 11.9. The second-order valence-electron chi connectivity index (χ2n) is 7.58.